The van der Waals surface area contributed by atoms with Crippen molar-refractivity contribution in [2.24, 2.45) is 0 Å². The van der Waals surface area contributed by atoms with E-state index in [1.807, 2.05) is 0 Å². The second-order valence-electron chi connectivity index (χ2n) is 8.73. The van der Waals surface area contributed by atoms with Gasteiger partial charge < -0.3 is 19.7 Å². The Bertz CT molecular complexity index is 1080. The van der Waals surface area contributed by atoms with E-state index in [9.17, 15) is 26.7 Å². The van der Waals surface area contributed by atoms with Gasteiger partial charge in [-0.15, -0.1) is 0 Å². The molecule has 2 aliphatic heterocycles. The van der Waals surface area contributed by atoms with Gasteiger partial charge in [0.05, 0.1) is 6.42 Å². The molecule has 2 unspecified atom stereocenters. The van der Waals surface area contributed by atoms with Crippen molar-refractivity contribution in [1.82, 2.24) is 14.9 Å². The van der Waals surface area contributed by atoms with Crippen LogP contribution in [0.15, 0.2) is 23.0 Å². The topological polar surface area (TPSA) is 68.6 Å². The summed E-state index contributed by atoms with van der Waals surface area (Å²) in [6, 6.07) is 4.05. The average molecular weight is 502 g/mol. The van der Waals surface area contributed by atoms with Crippen LogP contribution < -0.4 is 25.4 Å². The molecule has 0 spiro atoms. The maximum Gasteiger partial charge on any atom is 0.390 e. The van der Waals surface area contributed by atoms with E-state index in [2.05, 4.69) is 15.2 Å². The molecule has 12 heteroatoms. The number of nitrogens with zero attached hydrogens (tertiary/aromatic N) is 3. The van der Waals surface area contributed by atoms with Crippen LogP contribution in [-0.2, 0) is 13.2 Å². The lowest BCUT2D eigenvalue weighted by molar-refractivity contribution is -0.133. The molecule has 1 saturated heterocycles. The summed E-state index contributed by atoms with van der Waals surface area (Å²) in [6.45, 7) is 2.61. The first-order valence-electron chi connectivity index (χ1n) is 11.6. The summed E-state index contributed by atoms with van der Waals surface area (Å²) in [4.78, 5) is 18.4. The molecule has 0 bridgehead atoms. The van der Waals surface area contributed by atoms with Gasteiger partial charge in [-0.1, -0.05) is 6.92 Å². The lowest BCUT2D eigenvalue weighted by Gasteiger charge is -2.20. The van der Waals surface area contributed by atoms with Gasteiger partial charge >= 0.3 is 11.9 Å². The molecule has 2 aromatic rings. The number of halogens is 5. The van der Waals surface area contributed by atoms with Crippen LogP contribution in [0.25, 0.3) is 0 Å². The van der Waals surface area contributed by atoms with Crippen LogP contribution in [-0.4, -0.2) is 47.5 Å². The SMILES string of the molecule is CCC(CNCCC(F)(F)F)Oc1c(F)cc(COc2cc3n(c(=O)n2)CC2CCCN32)cc1F. The fraction of sp³-hybridized carbons (Fsp3) is 0.565. The fourth-order valence-electron chi connectivity index (χ4n) is 4.39. The number of rotatable bonds is 10. The van der Waals surface area contributed by atoms with E-state index in [0.717, 1.165) is 37.3 Å². The number of alkyl halides is 3. The second-order valence-corrected chi connectivity index (χ2v) is 8.73. The Kier molecular flexibility index (Phi) is 7.48. The van der Waals surface area contributed by atoms with Crippen molar-refractivity contribution < 1.29 is 31.4 Å². The minimum Gasteiger partial charge on any atom is -0.483 e. The summed E-state index contributed by atoms with van der Waals surface area (Å²) in [5.74, 6) is -1.71. The molecule has 0 saturated carbocycles. The standard InChI is InChI=1S/C23H27F5N4O3/c1-2-16(11-29-6-5-23(26,27)28)35-21-17(24)8-14(9-18(21)25)13-34-19-10-20-31-7-3-4-15(31)12-32(20)22(33)30-19/h8-10,15-16,29H,2-7,11-13H2,1H3. The van der Waals surface area contributed by atoms with Crippen molar-refractivity contribution in [2.75, 3.05) is 24.5 Å². The Labute approximate surface area is 198 Å². The zero-order chi connectivity index (χ0) is 25.2. The van der Waals surface area contributed by atoms with Crippen molar-refractivity contribution in [1.29, 1.82) is 0 Å². The van der Waals surface area contributed by atoms with E-state index in [4.69, 9.17) is 9.47 Å². The molecule has 35 heavy (non-hydrogen) atoms. The van der Waals surface area contributed by atoms with Gasteiger partial charge in [0.1, 0.15) is 18.5 Å². The van der Waals surface area contributed by atoms with Gasteiger partial charge in [0, 0.05) is 38.3 Å². The molecule has 4 rings (SSSR count). The largest absolute Gasteiger partial charge is 0.483 e. The summed E-state index contributed by atoms with van der Waals surface area (Å²) in [7, 11) is 0. The van der Waals surface area contributed by atoms with Crippen LogP contribution in [0.1, 0.15) is 38.2 Å². The summed E-state index contributed by atoms with van der Waals surface area (Å²) in [5.41, 5.74) is -0.257. The molecule has 2 atom stereocenters. The van der Waals surface area contributed by atoms with E-state index < -0.39 is 41.8 Å². The lowest BCUT2D eigenvalue weighted by Crippen LogP contribution is -2.33. The number of hydrogen-bond donors (Lipinski definition) is 1. The van der Waals surface area contributed by atoms with Crippen molar-refractivity contribution in [3.05, 3.63) is 45.9 Å². The minimum atomic E-state index is -4.29. The molecule has 0 amide bonds. The number of anilines is 1. The Balaban J connectivity index is 1.37. The molecule has 1 fully saturated rings. The maximum absolute atomic E-state index is 14.6. The van der Waals surface area contributed by atoms with Gasteiger partial charge in [-0.3, -0.25) is 4.57 Å². The normalized spacial score (nSPS) is 17.9. The third kappa shape index (κ3) is 6.03. The Morgan fingerprint density at radius 3 is 2.66 bits per heavy atom. The molecular formula is C23H27F5N4O3. The Hall–Kier alpha value is -2.89. The molecule has 7 nitrogen and oxygen atoms in total. The van der Waals surface area contributed by atoms with Crippen LogP contribution in [0, 0.1) is 11.6 Å². The predicted molar refractivity (Wildman–Crippen MR) is 118 cm³/mol. The summed E-state index contributed by atoms with van der Waals surface area (Å²) >= 11 is 0. The highest BCUT2D eigenvalue weighted by atomic mass is 19.4. The van der Waals surface area contributed by atoms with Crippen molar-refractivity contribution in [2.45, 2.75) is 64.1 Å². The van der Waals surface area contributed by atoms with Gasteiger partial charge in [-0.2, -0.15) is 18.2 Å². The number of fused-ring (bicyclic) bond motifs is 3. The monoisotopic (exact) mass is 502 g/mol. The highest BCUT2D eigenvalue weighted by Gasteiger charge is 2.34. The molecule has 2 aliphatic rings. The molecule has 1 aromatic carbocycles. The molecule has 0 radical (unpaired) electrons. The van der Waals surface area contributed by atoms with Gasteiger partial charge in [0.25, 0.3) is 0 Å². The van der Waals surface area contributed by atoms with Crippen LogP contribution in [0.2, 0.25) is 0 Å². The van der Waals surface area contributed by atoms with Crippen LogP contribution >= 0.6 is 0 Å². The van der Waals surface area contributed by atoms with Crippen LogP contribution in [0.3, 0.4) is 0 Å². The van der Waals surface area contributed by atoms with Gasteiger partial charge in [0.15, 0.2) is 17.4 Å². The van der Waals surface area contributed by atoms with Gasteiger partial charge in [0.2, 0.25) is 5.88 Å². The highest BCUT2D eigenvalue weighted by molar-refractivity contribution is 5.48. The number of benzene rings is 1. The first-order valence-corrected chi connectivity index (χ1v) is 11.6. The zero-order valence-electron chi connectivity index (χ0n) is 19.2. The fourth-order valence-corrected chi connectivity index (χ4v) is 4.39. The quantitative estimate of drug-likeness (QED) is 0.394. The average Bonchev–Trinajstić information content (AvgIpc) is 3.38. The first-order chi connectivity index (χ1) is 16.6. The summed E-state index contributed by atoms with van der Waals surface area (Å²) < 4.78 is 78.5. The maximum atomic E-state index is 14.6. The van der Waals surface area contributed by atoms with E-state index >= 15 is 0 Å². The number of aromatic nitrogens is 2. The van der Waals surface area contributed by atoms with E-state index in [0.29, 0.717) is 13.0 Å². The van der Waals surface area contributed by atoms with Crippen molar-refractivity contribution in [3.63, 3.8) is 0 Å². The number of nitrogens with one attached hydrogen (secondary N) is 1. The number of ether oxygens (including phenoxy) is 2. The van der Waals surface area contributed by atoms with E-state index in [-0.39, 0.29) is 37.2 Å². The predicted octanol–water partition coefficient (Wildman–Crippen LogP) is 3.78. The lowest BCUT2D eigenvalue weighted by atomic mass is 10.2. The van der Waals surface area contributed by atoms with Crippen molar-refractivity contribution in [3.8, 4) is 11.6 Å². The van der Waals surface area contributed by atoms with Gasteiger partial charge in [-0.25, -0.2) is 13.6 Å². The molecule has 1 N–H and O–H groups in total. The third-order valence-corrected chi connectivity index (χ3v) is 6.17. The van der Waals surface area contributed by atoms with E-state index in [1.165, 1.54) is 0 Å². The minimum absolute atomic E-state index is 0.00767. The molecule has 0 aliphatic carbocycles. The van der Waals surface area contributed by atoms with Crippen LogP contribution in [0.4, 0.5) is 27.8 Å². The second kappa shape index (κ2) is 10.4. The molecule has 3 heterocycles. The van der Waals surface area contributed by atoms with E-state index in [1.54, 1.807) is 17.6 Å². The molecular weight excluding hydrogens is 475 g/mol. The number of hydrogen-bond acceptors (Lipinski definition) is 6. The highest BCUT2D eigenvalue weighted by Crippen LogP contribution is 2.33. The summed E-state index contributed by atoms with van der Waals surface area (Å²) in [5, 5.41) is 2.59. The Morgan fingerprint density at radius 2 is 1.97 bits per heavy atom. The van der Waals surface area contributed by atoms with Crippen molar-refractivity contribution >= 4 is 5.82 Å². The third-order valence-electron chi connectivity index (χ3n) is 6.17. The molecule has 1 aromatic heterocycles. The Morgan fingerprint density at radius 1 is 1.23 bits per heavy atom. The smallest absolute Gasteiger partial charge is 0.390 e. The van der Waals surface area contributed by atoms with Crippen LogP contribution in [0.5, 0.6) is 11.6 Å². The molecule has 192 valence electrons. The first kappa shape index (κ1) is 25.2. The zero-order valence-corrected chi connectivity index (χ0v) is 19.2. The van der Waals surface area contributed by atoms with Gasteiger partial charge in [-0.05, 0) is 37.0 Å². The summed E-state index contributed by atoms with van der Waals surface area (Å²) in [6.07, 6.45) is -3.62.